The molecule has 2 aromatic carbocycles. The molecule has 0 saturated carbocycles. The van der Waals surface area contributed by atoms with Gasteiger partial charge in [0.25, 0.3) is 0 Å². The van der Waals surface area contributed by atoms with Crippen LogP contribution in [0.5, 0.6) is 5.75 Å². The van der Waals surface area contributed by atoms with Gasteiger partial charge in [0.05, 0.1) is 23.3 Å². The lowest BCUT2D eigenvalue weighted by atomic mass is 10.00. The van der Waals surface area contributed by atoms with Gasteiger partial charge in [0.2, 0.25) is 0 Å². The SMILES string of the molecule is Fc1cc2c(c(-c3c(Cl)cccc3Cl)c1)OC(CN1CCOCC1)C2. The molecule has 0 spiro atoms. The zero-order valence-corrected chi connectivity index (χ0v) is 15.1. The molecule has 2 aromatic rings. The summed E-state index contributed by atoms with van der Waals surface area (Å²) >= 11 is 12.7. The molecular formula is C19H18Cl2FNO2. The van der Waals surface area contributed by atoms with Crippen LogP contribution in [0.15, 0.2) is 30.3 Å². The van der Waals surface area contributed by atoms with Gasteiger partial charge in [-0.3, -0.25) is 4.90 Å². The summed E-state index contributed by atoms with van der Waals surface area (Å²) in [5, 5.41) is 0.973. The molecule has 2 heterocycles. The number of fused-ring (bicyclic) bond motifs is 1. The van der Waals surface area contributed by atoms with Crippen molar-refractivity contribution < 1.29 is 13.9 Å². The van der Waals surface area contributed by atoms with E-state index in [0.29, 0.717) is 33.3 Å². The second-order valence-corrected chi connectivity index (χ2v) is 7.21. The fraction of sp³-hybridized carbons (Fsp3) is 0.368. The molecule has 25 heavy (non-hydrogen) atoms. The third kappa shape index (κ3) is 3.49. The lowest BCUT2D eigenvalue weighted by Gasteiger charge is -2.28. The standard InChI is InChI=1S/C19H18Cl2FNO2/c20-16-2-1-3-17(21)18(16)15-10-13(22)8-12-9-14(25-19(12)15)11-23-4-6-24-7-5-23/h1-3,8,10,14H,4-7,9,11H2. The topological polar surface area (TPSA) is 21.7 Å². The van der Waals surface area contributed by atoms with Crippen molar-refractivity contribution in [2.45, 2.75) is 12.5 Å². The third-order valence-corrected chi connectivity index (χ3v) is 5.29. The van der Waals surface area contributed by atoms with Crippen molar-refractivity contribution >= 4 is 23.2 Å². The summed E-state index contributed by atoms with van der Waals surface area (Å²) < 4.78 is 25.8. The molecule has 0 amide bonds. The molecule has 4 rings (SSSR count). The minimum Gasteiger partial charge on any atom is -0.488 e. The molecule has 3 nitrogen and oxygen atoms in total. The van der Waals surface area contributed by atoms with Crippen LogP contribution in [0.2, 0.25) is 10.0 Å². The van der Waals surface area contributed by atoms with Crippen LogP contribution in [-0.4, -0.2) is 43.9 Å². The molecule has 2 aliphatic heterocycles. The van der Waals surface area contributed by atoms with Crippen molar-refractivity contribution in [2.24, 2.45) is 0 Å². The van der Waals surface area contributed by atoms with E-state index in [-0.39, 0.29) is 11.9 Å². The van der Waals surface area contributed by atoms with E-state index in [2.05, 4.69) is 4.90 Å². The molecule has 0 aromatic heterocycles. The lowest BCUT2D eigenvalue weighted by molar-refractivity contribution is 0.0223. The van der Waals surface area contributed by atoms with Crippen LogP contribution in [0, 0.1) is 5.82 Å². The van der Waals surface area contributed by atoms with E-state index in [1.807, 2.05) is 0 Å². The maximum absolute atomic E-state index is 14.2. The second-order valence-electron chi connectivity index (χ2n) is 6.40. The van der Waals surface area contributed by atoms with Gasteiger partial charge in [-0.05, 0) is 24.3 Å². The Morgan fingerprint density at radius 1 is 1.12 bits per heavy atom. The largest absolute Gasteiger partial charge is 0.488 e. The number of morpholine rings is 1. The van der Waals surface area contributed by atoms with Gasteiger partial charge >= 0.3 is 0 Å². The normalized spacial score (nSPS) is 20.4. The van der Waals surface area contributed by atoms with E-state index in [4.69, 9.17) is 32.7 Å². The number of hydrogen-bond acceptors (Lipinski definition) is 3. The Hall–Kier alpha value is -1.33. The van der Waals surface area contributed by atoms with Crippen molar-refractivity contribution in [1.82, 2.24) is 4.90 Å². The molecule has 1 unspecified atom stereocenters. The van der Waals surface area contributed by atoms with Crippen molar-refractivity contribution in [2.75, 3.05) is 32.8 Å². The molecule has 0 N–H and O–H groups in total. The number of rotatable bonds is 3. The maximum atomic E-state index is 14.2. The summed E-state index contributed by atoms with van der Waals surface area (Å²) in [4.78, 5) is 2.32. The Labute approximate surface area is 156 Å². The summed E-state index contributed by atoms with van der Waals surface area (Å²) in [6, 6.07) is 8.27. The molecule has 1 saturated heterocycles. The smallest absolute Gasteiger partial charge is 0.131 e. The first kappa shape index (κ1) is 17.1. The Morgan fingerprint density at radius 2 is 1.84 bits per heavy atom. The molecule has 1 atom stereocenters. The van der Waals surface area contributed by atoms with Crippen molar-refractivity contribution in [1.29, 1.82) is 0 Å². The van der Waals surface area contributed by atoms with Gasteiger partial charge in [0.1, 0.15) is 17.7 Å². The highest BCUT2D eigenvalue weighted by molar-refractivity contribution is 6.39. The van der Waals surface area contributed by atoms with Crippen LogP contribution >= 0.6 is 23.2 Å². The summed E-state index contributed by atoms with van der Waals surface area (Å²) in [5.41, 5.74) is 2.10. The third-order valence-electron chi connectivity index (χ3n) is 4.66. The van der Waals surface area contributed by atoms with Gasteiger partial charge in [-0.25, -0.2) is 4.39 Å². The average Bonchev–Trinajstić information content (AvgIpc) is 2.97. The van der Waals surface area contributed by atoms with Crippen LogP contribution in [-0.2, 0) is 11.2 Å². The first-order valence-electron chi connectivity index (χ1n) is 8.35. The first-order chi connectivity index (χ1) is 12.1. The molecule has 6 heteroatoms. The fourth-order valence-corrected chi connectivity index (χ4v) is 4.11. The van der Waals surface area contributed by atoms with E-state index in [0.717, 1.165) is 38.4 Å². The van der Waals surface area contributed by atoms with Crippen LogP contribution < -0.4 is 4.74 Å². The van der Waals surface area contributed by atoms with Gasteiger partial charge in [0, 0.05) is 42.7 Å². The number of hydrogen-bond donors (Lipinski definition) is 0. The van der Waals surface area contributed by atoms with Gasteiger partial charge in [-0.1, -0.05) is 29.3 Å². The van der Waals surface area contributed by atoms with E-state index in [1.54, 1.807) is 24.3 Å². The minimum atomic E-state index is -0.305. The Balaban J connectivity index is 1.65. The number of nitrogens with zero attached hydrogens (tertiary/aromatic N) is 1. The van der Waals surface area contributed by atoms with Crippen LogP contribution in [0.1, 0.15) is 5.56 Å². The van der Waals surface area contributed by atoms with E-state index in [1.165, 1.54) is 6.07 Å². The molecule has 132 valence electrons. The molecule has 0 bridgehead atoms. The van der Waals surface area contributed by atoms with Crippen molar-refractivity contribution in [3.63, 3.8) is 0 Å². The van der Waals surface area contributed by atoms with Crippen molar-refractivity contribution in [3.05, 3.63) is 51.8 Å². The molecule has 0 aliphatic carbocycles. The van der Waals surface area contributed by atoms with E-state index < -0.39 is 0 Å². The van der Waals surface area contributed by atoms with Crippen LogP contribution in [0.25, 0.3) is 11.1 Å². The molecular weight excluding hydrogens is 364 g/mol. The molecule has 1 fully saturated rings. The number of halogens is 3. The Bertz CT molecular complexity index is 773. The van der Waals surface area contributed by atoms with Gasteiger partial charge < -0.3 is 9.47 Å². The first-order valence-corrected chi connectivity index (χ1v) is 9.11. The summed E-state index contributed by atoms with van der Waals surface area (Å²) in [5.74, 6) is 0.384. The van der Waals surface area contributed by atoms with Crippen LogP contribution in [0.3, 0.4) is 0 Å². The van der Waals surface area contributed by atoms with E-state index >= 15 is 0 Å². The predicted octanol–water partition coefficient (Wildman–Crippen LogP) is 4.44. The number of ether oxygens (including phenoxy) is 2. The summed E-state index contributed by atoms with van der Waals surface area (Å²) in [6.45, 7) is 4.08. The molecule has 0 radical (unpaired) electrons. The summed E-state index contributed by atoms with van der Waals surface area (Å²) in [6.07, 6.45) is 0.675. The van der Waals surface area contributed by atoms with Crippen molar-refractivity contribution in [3.8, 4) is 16.9 Å². The Kier molecular flexibility index (Phi) is 4.87. The molecule has 2 aliphatic rings. The maximum Gasteiger partial charge on any atom is 0.131 e. The minimum absolute atomic E-state index is 0.00471. The number of benzene rings is 2. The van der Waals surface area contributed by atoms with Gasteiger partial charge in [0.15, 0.2) is 0 Å². The zero-order chi connectivity index (χ0) is 17.4. The highest BCUT2D eigenvalue weighted by Gasteiger charge is 2.30. The highest BCUT2D eigenvalue weighted by Crippen LogP contribution is 2.44. The lowest BCUT2D eigenvalue weighted by Crippen LogP contribution is -2.42. The van der Waals surface area contributed by atoms with Crippen LogP contribution in [0.4, 0.5) is 4.39 Å². The fourth-order valence-electron chi connectivity index (χ4n) is 3.51. The van der Waals surface area contributed by atoms with Gasteiger partial charge in [-0.2, -0.15) is 0 Å². The quantitative estimate of drug-likeness (QED) is 0.784. The average molecular weight is 382 g/mol. The monoisotopic (exact) mass is 381 g/mol. The predicted molar refractivity (Wildman–Crippen MR) is 97.2 cm³/mol. The van der Waals surface area contributed by atoms with Gasteiger partial charge in [-0.15, -0.1) is 0 Å². The Morgan fingerprint density at radius 3 is 2.56 bits per heavy atom. The van der Waals surface area contributed by atoms with E-state index in [9.17, 15) is 4.39 Å². The highest BCUT2D eigenvalue weighted by atomic mass is 35.5. The zero-order valence-electron chi connectivity index (χ0n) is 13.6. The second kappa shape index (κ2) is 7.12. The summed E-state index contributed by atoms with van der Waals surface area (Å²) in [7, 11) is 0.